The number of hydrogen-bond acceptors (Lipinski definition) is 7. The largest absolute Gasteiger partial charge is 0.494 e. The molecule has 2 aromatic carbocycles. The van der Waals surface area contributed by atoms with E-state index < -0.39 is 6.04 Å². The molecule has 4 aromatic rings. The molecule has 1 aliphatic rings. The molecule has 0 bridgehead atoms. The summed E-state index contributed by atoms with van der Waals surface area (Å²) in [5, 5.41) is 12.3. The summed E-state index contributed by atoms with van der Waals surface area (Å²) in [6, 6.07) is 18.4. The van der Waals surface area contributed by atoms with Crippen LogP contribution in [0.25, 0.3) is 0 Å². The van der Waals surface area contributed by atoms with Gasteiger partial charge in [-0.05, 0) is 55.3 Å². The number of carbonyl (C=O) groups is 1. The normalized spacial score (nSPS) is 14.6. The topological polar surface area (TPSA) is 94.0 Å². The van der Waals surface area contributed by atoms with Crippen LogP contribution in [0.3, 0.4) is 0 Å². The first kappa shape index (κ1) is 24.9. The number of hydrogen-bond donors (Lipinski definition) is 2. The van der Waals surface area contributed by atoms with Gasteiger partial charge in [-0.2, -0.15) is 4.98 Å². The zero-order valence-corrected chi connectivity index (χ0v) is 21.9. The molecular formula is C27H25ClN6O2S. The van der Waals surface area contributed by atoms with Gasteiger partial charge < -0.3 is 15.4 Å². The average Bonchev–Trinajstić information content (AvgIpc) is 3.31. The van der Waals surface area contributed by atoms with Crippen LogP contribution in [0, 0.1) is 0 Å². The van der Waals surface area contributed by atoms with Gasteiger partial charge in [0, 0.05) is 34.6 Å². The van der Waals surface area contributed by atoms with E-state index in [-0.39, 0.29) is 5.91 Å². The highest BCUT2D eigenvalue weighted by molar-refractivity contribution is 7.98. The number of allylic oxidation sites excluding steroid dienone is 1. The number of thioether (sulfide) groups is 1. The van der Waals surface area contributed by atoms with E-state index >= 15 is 0 Å². The molecule has 2 N–H and O–H groups in total. The number of halogens is 1. The van der Waals surface area contributed by atoms with E-state index in [0.717, 1.165) is 16.9 Å². The maximum Gasteiger partial charge on any atom is 0.255 e. The maximum atomic E-state index is 13.6. The van der Waals surface area contributed by atoms with Crippen molar-refractivity contribution in [3.8, 4) is 5.75 Å². The van der Waals surface area contributed by atoms with Gasteiger partial charge >= 0.3 is 0 Å². The van der Waals surface area contributed by atoms with Crippen molar-refractivity contribution in [2.24, 2.45) is 0 Å². The molecule has 8 nitrogen and oxygen atoms in total. The first-order valence-electron chi connectivity index (χ1n) is 11.8. The van der Waals surface area contributed by atoms with E-state index in [1.54, 1.807) is 29.2 Å². The minimum atomic E-state index is -0.490. The smallest absolute Gasteiger partial charge is 0.255 e. The zero-order chi connectivity index (χ0) is 25.8. The Labute approximate surface area is 224 Å². The SMILES string of the molecule is CCOc1ccc([C@H]2C(C(=O)Nc3ccncc3)=C(C)Nc3nc(SCc4ccccc4Cl)nn32)cc1. The van der Waals surface area contributed by atoms with Crippen molar-refractivity contribution in [3.63, 3.8) is 0 Å². The highest BCUT2D eigenvalue weighted by Gasteiger charge is 2.34. The lowest BCUT2D eigenvalue weighted by atomic mass is 9.95. The van der Waals surface area contributed by atoms with Crippen LogP contribution >= 0.6 is 23.4 Å². The highest BCUT2D eigenvalue weighted by Crippen LogP contribution is 2.37. The molecule has 0 radical (unpaired) electrons. The molecule has 0 spiro atoms. The van der Waals surface area contributed by atoms with E-state index in [1.807, 2.05) is 62.4 Å². The van der Waals surface area contributed by atoms with Crippen molar-refractivity contribution in [1.29, 1.82) is 0 Å². The number of fused-ring (bicyclic) bond motifs is 1. The predicted molar refractivity (Wildman–Crippen MR) is 146 cm³/mol. The number of rotatable bonds is 8. The van der Waals surface area contributed by atoms with Crippen LogP contribution < -0.4 is 15.4 Å². The summed E-state index contributed by atoms with van der Waals surface area (Å²) in [5.41, 5.74) is 3.79. The van der Waals surface area contributed by atoms with Crippen LogP contribution in [-0.2, 0) is 10.5 Å². The molecule has 0 saturated heterocycles. The molecule has 0 saturated carbocycles. The molecule has 188 valence electrons. The van der Waals surface area contributed by atoms with Gasteiger partial charge in [-0.25, -0.2) is 4.68 Å². The zero-order valence-electron chi connectivity index (χ0n) is 20.3. The van der Waals surface area contributed by atoms with E-state index in [2.05, 4.69) is 15.6 Å². The number of pyridine rings is 1. The number of aromatic nitrogens is 4. The molecule has 1 atom stereocenters. The van der Waals surface area contributed by atoms with Crippen LogP contribution in [-0.4, -0.2) is 32.3 Å². The van der Waals surface area contributed by atoms with Gasteiger partial charge in [0.15, 0.2) is 0 Å². The molecule has 0 aliphatic carbocycles. The number of carbonyl (C=O) groups excluding carboxylic acids is 1. The highest BCUT2D eigenvalue weighted by atomic mass is 35.5. The van der Waals surface area contributed by atoms with Gasteiger partial charge in [-0.1, -0.05) is 53.7 Å². The summed E-state index contributed by atoms with van der Waals surface area (Å²) >= 11 is 7.82. The Kier molecular flexibility index (Phi) is 7.43. The lowest BCUT2D eigenvalue weighted by molar-refractivity contribution is -0.113. The van der Waals surface area contributed by atoms with E-state index in [0.29, 0.717) is 45.4 Å². The Morgan fingerprint density at radius 2 is 1.89 bits per heavy atom. The van der Waals surface area contributed by atoms with Crippen molar-refractivity contribution in [2.45, 2.75) is 30.8 Å². The number of anilines is 2. The predicted octanol–water partition coefficient (Wildman–Crippen LogP) is 5.95. The molecule has 1 amide bonds. The summed E-state index contributed by atoms with van der Waals surface area (Å²) in [6.45, 7) is 4.39. The standard InChI is InChI=1S/C27H25ClN6O2S/c1-3-36-21-10-8-18(9-11-21)24-23(25(35)31-20-12-14-29-15-13-20)17(2)30-26-32-27(33-34(24)26)37-16-19-6-4-5-7-22(19)28/h4-15,24H,3,16H2,1-2H3,(H,29,31,35)(H,30,32,33)/t24-/m0/s1. The van der Waals surface area contributed by atoms with Gasteiger partial charge in [-0.3, -0.25) is 9.78 Å². The summed E-state index contributed by atoms with van der Waals surface area (Å²) < 4.78 is 7.38. The number of nitrogens with one attached hydrogen (secondary N) is 2. The second kappa shape index (κ2) is 11.1. The molecule has 2 aromatic heterocycles. The third-order valence-electron chi connectivity index (χ3n) is 5.84. The summed E-state index contributed by atoms with van der Waals surface area (Å²) in [5.74, 6) is 1.72. The molecular weight excluding hydrogens is 508 g/mol. The van der Waals surface area contributed by atoms with Gasteiger partial charge in [0.1, 0.15) is 11.8 Å². The van der Waals surface area contributed by atoms with E-state index in [9.17, 15) is 4.79 Å². The first-order valence-corrected chi connectivity index (χ1v) is 13.1. The third kappa shape index (κ3) is 5.47. The van der Waals surface area contributed by atoms with Crippen molar-refractivity contribution >= 4 is 40.9 Å². The van der Waals surface area contributed by atoms with Crippen molar-refractivity contribution in [2.75, 3.05) is 17.2 Å². The van der Waals surface area contributed by atoms with Gasteiger partial charge in [0.05, 0.1) is 12.2 Å². The van der Waals surface area contributed by atoms with Crippen LogP contribution in [0.2, 0.25) is 5.02 Å². The molecule has 10 heteroatoms. The number of benzene rings is 2. The number of ether oxygens (including phenoxy) is 1. The second-order valence-electron chi connectivity index (χ2n) is 8.30. The minimum Gasteiger partial charge on any atom is -0.494 e. The Hall–Kier alpha value is -3.82. The van der Waals surface area contributed by atoms with Gasteiger partial charge in [0.2, 0.25) is 11.1 Å². The third-order valence-corrected chi connectivity index (χ3v) is 7.09. The molecule has 1 aliphatic heterocycles. The fourth-order valence-electron chi connectivity index (χ4n) is 4.10. The Morgan fingerprint density at radius 3 is 2.62 bits per heavy atom. The lowest BCUT2D eigenvalue weighted by Gasteiger charge is -2.28. The summed E-state index contributed by atoms with van der Waals surface area (Å²) in [6.07, 6.45) is 3.27. The quantitative estimate of drug-likeness (QED) is 0.271. The number of nitrogens with zero attached hydrogens (tertiary/aromatic N) is 4. The molecule has 3 heterocycles. The van der Waals surface area contributed by atoms with Crippen molar-refractivity contribution in [3.05, 3.63) is 100 Å². The number of amides is 1. The Bertz CT molecular complexity index is 1440. The van der Waals surface area contributed by atoms with Crippen LogP contribution in [0.5, 0.6) is 5.75 Å². The monoisotopic (exact) mass is 532 g/mol. The Morgan fingerprint density at radius 1 is 1.14 bits per heavy atom. The van der Waals surface area contributed by atoms with E-state index in [4.69, 9.17) is 26.4 Å². The fourth-order valence-corrected chi connectivity index (χ4v) is 5.21. The average molecular weight is 533 g/mol. The second-order valence-corrected chi connectivity index (χ2v) is 9.65. The lowest BCUT2D eigenvalue weighted by Crippen LogP contribution is -2.31. The first-order chi connectivity index (χ1) is 18.0. The molecule has 5 rings (SSSR count). The fraction of sp³-hybridized carbons (Fsp3) is 0.185. The van der Waals surface area contributed by atoms with Crippen LogP contribution in [0.1, 0.15) is 31.0 Å². The van der Waals surface area contributed by atoms with Gasteiger partial charge in [0.25, 0.3) is 5.91 Å². The van der Waals surface area contributed by atoms with Crippen molar-refractivity contribution in [1.82, 2.24) is 19.7 Å². The maximum absolute atomic E-state index is 13.6. The Balaban J connectivity index is 1.49. The molecule has 0 unspecified atom stereocenters. The van der Waals surface area contributed by atoms with Crippen LogP contribution in [0.15, 0.2) is 89.5 Å². The molecule has 37 heavy (non-hydrogen) atoms. The minimum absolute atomic E-state index is 0.235. The summed E-state index contributed by atoms with van der Waals surface area (Å²) in [4.78, 5) is 22.3. The molecule has 0 fully saturated rings. The van der Waals surface area contributed by atoms with E-state index in [1.165, 1.54) is 11.8 Å². The van der Waals surface area contributed by atoms with Crippen molar-refractivity contribution < 1.29 is 9.53 Å². The summed E-state index contributed by atoms with van der Waals surface area (Å²) in [7, 11) is 0. The van der Waals surface area contributed by atoms with Crippen LogP contribution in [0.4, 0.5) is 11.6 Å². The van der Waals surface area contributed by atoms with Gasteiger partial charge in [-0.15, -0.1) is 5.10 Å².